The number of hydrogen-bond donors (Lipinski definition) is 1. The summed E-state index contributed by atoms with van der Waals surface area (Å²) in [6, 6.07) is 9.72. The van der Waals surface area contributed by atoms with Crippen molar-refractivity contribution in [2.75, 3.05) is 13.7 Å². The number of benzene rings is 2. The van der Waals surface area contributed by atoms with Gasteiger partial charge in [-0.3, -0.25) is 0 Å². The fourth-order valence-corrected chi connectivity index (χ4v) is 3.57. The Hall–Kier alpha value is -1.58. The molecule has 0 saturated heterocycles. The summed E-state index contributed by atoms with van der Waals surface area (Å²) in [7, 11) is -2.20. The third-order valence-corrected chi connectivity index (χ3v) is 5.41. The molecule has 134 valence electrons. The molecule has 0 spiro atoms. The lowest BCUT2D eigenvalue weighted by Gasteiger charge is -2.12. The number of rotatable bonds is 7. The summed E-state index contributed by atoms with van der Waals surface area (Å²) < 4.78 is 36.6. The predicted molar refractivity (Wildman–Crippen MR) is 104 cm³/mol. The van der Waals surface area contributed by atoms with Crippen molar-refractivity contribution in [3.8, 4) is 11.5 Å². The van der Waals surface area contributed by atoms with Crippen LogP contribution in [-0.4, -0.2) is 28.3 Å². The molecule has 0 aliphatic rings. The molecular weight excluding hydrogens is 476 g/mol. The Kier molecular flexibility index (Phi) is 6.86. The van der Waals surface area contributed by atoms with Crippen LogP contribution in [-0.2, 0) is 10.0 Å². The second-order valence-electron chi connectivity index (χ2n) is 4.77. The molecule has 6 nitrogen and oxygen atoms in total. The summed E-state index contributed by atoms with van der Waals surface area (Å²) in [4.78, 5) is 2.30. The zero-order valence-electron chi connectivity index (χ0n) is 13.5. The van der Waals surface area contributed by atoms with Gasteiger partial charge in [0.2, 0.25) is 0 Å². The summed E-state index contributed by atoms with van der Waals surface area (Å²) in [6.45, 7) is 2.37. The first kappa shape index (κ1) is 19.7. The Labute approximate surface area is 163 Å². The van der Waals surface area contributed by atoms with Crippen LogP contribution in [0.3, 0.4) is 0 Å². The summed E-state index contributed by atoms with van der Waals surface area (Å²) in [5.41, 5.74) is 0.644. The molecule has 0 aliphatic heterocycles. The predicted octanol–water partition coefficient (Wildman–Crippen LogP) is 3.93. The number of hydrazone groups is 1. The zero-order valence-corrected chi connectivity index (χ0v) is 17.5. The lowest BCUT2D eigenvalue weighted by atomic mass is 10.2. The molecule has 0 fully saturated rings. The number of methoxy groups -OCH3 is 1. The number of hydrogen-bond acceptors (Lipinski definition) is 5. The monoisotopic (exact) mass is 490 g/mol. The molecule has 0 atom stereocenters. The molecule has 25 heavy (non-hydrogen) atoms. The first-order valence-corrected chi connectivity index (χ1v) is 10.2. The maximum Gasteiger partial charge on any atom is 0.276 e. The van der Waals surface area contributed by atoms with Gasteiger partial charge in [0.25, 0.3) is 10.0 Å². The molecule has 9 heteroatoms. The zero-order chi connectivity index (χ0) is 18.4. The highest BCUT2D eigenvalue weighted by Gasteiger charge is 2.13. The molecule has 0 aromatic heterocycles. The van der Waals surface area contributed by atoms with Crippen molar-refractivity contribution in [1.82, 2.24) is 4.83 Å². The molecule has 0 bridgehead atoms. The van der Waals surface area contributed by atoms with E-state index in [-0.39, 0.29) is 4.90 Å². The SMILES string of the molecule is CCOc1c(Br)cc(/C=N/NS(=O)(=O)c2ccc(Br)cc2)cc1OC. The van der Waals surface area contributed by atoms with Gasteiger partial charge in [0, 0.05) is 4.47 Å². The minimum Gasteiger partial charge on any atom is -0.493 e. The lowest BCUT2D eigenvalue weighted by molar-refractivity contribution is 0.309. The van der Waals surface area contributed by atoms with Crippen molar-refractivity contribution < 1.29 is 17.9 Å². The van der Waals surface area contributed by atoms with E-state index in [0.717, 1.165) is 4.47 Å². The van der Waals surface area contributed by atoms with Gasteiger partial charge >= 0.3 is 0 Å². The molecule has 2 rings (SSSR count). The average Bonchev–Trinajstić information content (AvgIpc) is 2.57. The van der Waals surface area contributed by atoms with Crippen LogP contribution in [0.2, 0.25) is 0 Å². The largest absolute Gasteiger partial charge is 0.493 e. The standard InChI is InChI=1S/C16H16Br2N2O4S/c1-3-24-16-14(18)8-11(9-15(16)23-2)10-19-20-25(21,22)13-6-4-12(17)5-7-13/h4-10,20H,3H2,1-2H3/b19-10+. The second kappa shape index (κ2) is 8.68. The van der Waals surface area contributed by atoms with Crippen molar-refractivity contribution in [1.29, 1.82) is 0 Å². The highest BCUT2D eigenvalue weighted by Crippen LogP contribution is 2.36. The van der Waals surface area contributed by atoms with Gasteiger partial charge in [0.05, 0.1) is 29.3 Å². The highest BCUT2D eigenvalue weighted by atomic mass is 79.9. The van der Waals surface area contributed by atoms with Crippen LogP contribution in [0.4, 0.5) is 0 Å². The van der Waals surface area contributed by atoms with E-state index in [1.165, 1.54) is 25.5 Å². The van der Waals surface area contributed by atoms with Crippen molar-refractivity contribution in [3.05, 3.63) is 50.9 Å². The number of nitrogens with one attached hydrogen (secondary N) is 1. The van der Waals surface area contributed by atoms with Crippen molar-refractivity contribution in [2.24, 2.45) is 5.10 Å². The Morgan fingerprint density at radius 2 is 1.88 bits per heavy atom. The maximum absolute atomic E-state index is 12.2. The van der Waals surface area contributed by atoms with E-state index in [1.807, 2.05) is 6.92 Å². The third-order valence-electron chi connectivity index (χ3n) is 3.05. The van der Waals surface area contributed by atoms with Crippen LogP contribution in [0.5, 0.6) is 11.5 Å². The average molecular weight is 492 g/mol. The number of nitrogens with zero attached hydrogens (tertiary/aromatic N) is 1. The molecule has 0 heterocycles. The van der Waals surface area contributed by atoms with Gasteiger partial charge in [-0.15, -0.1) is 0 Å². The van der Waals surface area contributed by atoms with Crippen LogP contribution < -0.4 is 14.3 Å². The first-order valence-electron chi connectivity index (χ1n) is 7.18. The van der Waals surface area contributed by atoms with Crippen molar-refractivity contribution in [3.63, 3.8) is 0 Å². The summed E-state index contributed by atoms with van der Waals surface area (Å²) >= 11 is 6.67. The topological polar surface area (TPSA) is 77.0 Å². The van der Waals surface area contributed by atoms with Crippen LogP contribution in [0.1, 0.15) is 12.5 Å². The molecule has 1 N–H and O–H groups in total. The van der Waals surface area contributed by atoms with Gasteiger partial charge in [-0.05, 0) is 64.8 Å². The van der Waals surface area contributed by atoms with Gasteiger partial charge < -0.3 is 9.47 Å². The quantitative estimate of drug-likeness (QED) is 0.470. The molecule has 0 saturated carbocycles. The Bertz CT molecular complexity index is 868. The van der Waals surface area contributed by atoms with Crippen LogP contribution in [0, 0.1) is 0 Å². The number of sulfonamides is 1. The van der Waals surface area contributed by atoms with E-state index in [1.54, 1.807) is 24.3 Å². The molecule has 2 aromatic rings. The maximum atomic E-state index is 12.2. The van der Waals surface area contributed by atoms with Crippen LogP contribution >= 0.6 is 31.9 Å². The van der Waals surface area contributed by atoms with E-state index in [2.05, 4.69) is 41.8 Å². The van der Waals surface area contributed by atoms with Crippen LogP contribution in [0.15, 0.2) is 55.3 Å². The normalized spacial score (nSPS) is 11.5. The Balaban J connectivity index is 2.19. The Morgan fingerprint density at radius 1 is 1.20 bits per heavy atom. The summed E-state index contributed by atoms with van der Waals surface area (Å²) in [5, 5.41) is 3.81. The molecule has 0 amide bonds. The van der Waals surface area contributed by atoms with Crippen LogP contribution in [0.25, 0.3) is 0 Å². The van der Waals surface area contributed by atoms with Crippen molar-refractivity contribution >= 4 is 48.1 Å². The molecule has 2 aromatic carbocycles. The highest BCUT2D eigenvalue weighted by molar-refractivity contribution is 9.10. The van der Waals surface area contributed by atoms with Gasteiger partial charge in [-0.2, -0.15) is 13.5 Å². The summed E-state index contributed by atoms with van der Waals surface area (Å²) in [5.74, 6) is 1.10. The molecule has 0 radical (unpaired) electrons. The number of halogens is 2. The smallest absolute Gasteiger partial charge is 0.276 e. The van der Waals surface area contributed by atoms with Gasteiger partial charge in [0.1, 0.15) is 0 Å². The second-order valence-corrected chi connectivity index (χ2v) is 8.20. The lowest BCUT2D eigenvalue weighted by Crippen LogP contribution is -2.18. The minimum absolute atomic E-state index is 0.123. The summed E-state index contributed by atoms with van der Waals surface area (Å²) in [6.07, 6.45) is 1.39. The third kappa shape index (κ3) is 5.20. The molecule has 0 aliphatic carbocycles. The van der Waals surface area contributed by atoms with E-state index in [9.17, 15) is 8.42 Å². The molecule has 0 unspecified atom stereocenters. The van der Waals surface area contributed by atoms with E-state index >= 15 is 0 Å². The fraction of sp³-hybridized carbons (Fsp3) is 0.188. The van der Waals surface area contributed by atoms with E-state index in [4.69, 9.17) is 9.47 Å². The van der Waals surface area contributed by atoms with E-state index < -0.39 is 10.0 Å². The minimum atomic E-state index is -3.73. The van der Waals surface area contributed by atoms with Gasteiger partial charge in [0.15, 0.2) is 11.5 Å². The fourth-order valence-electron chi connectivity index (χ4n) is 1.94. The first-order chi connectivity index (χ1) is 11.9. The van der Waals surface area contributed by atoms with Crippen molar-refractivity contribution in [2.45, 2.75) is 11.8 Å². The Morgan fingerprint density at radius 3 is 2.48 bits per heavy atom. The van der Waals surface area contributed by atoms with E-state index in [0.29, 0.717) is 28.1 Å². The molecular formula is C16H16Br2N2O4S. The number of ether oxygens (including phenoxy) is 2. The van der Waals surface area contributed by atoms with Gasteiger partial charge in [-0.25, -0.2) is 4.83 Å². The van der Waals surface area contributed by atoms with Gasteiger partial charge in [-0.1, -0.05) is 15.9 Å².